The number of carbonyl (C=O) groups is 1. The number of nitrogens with zero attached hydrogens (tertiary/aromatic N) is 5. The lowest BCUT2D eigenvalue weighted by atomic mass is 9.93. The third-order valence-corrected chi connectivity index (χ3v) is 9.19. The monoisotopic (exact) mass is 471 g/mol. The summed E-state index contributed by atoms with van der Waals surface area (Å²) in [6, 6.07) is -0.0257. The van der Waals surface area contributed by atoms with Gasteiger partial charge in [0, 0.05) is 31.7 Å². The van der Waals surface area contributed by atoms with Gasteiger partial charge in [0.05, 0.1) is 30.5 Å². The van der Waals surface area contributed by atoms with Crippen LogP contribution in [0.25, 0.3) is 0 Å². The fraction of sp³-hybridized carbons (Fsp3) is 0.850. The van der Waals surface area contributed by atoms with Gasteiger partial charge in [0.15, 0.2) is 15.0 Å². The molecule has 4 rings (SSSR count). The second-order valence-corrected chi connectivity index (χ2v) is 11.7. The molecule has 1 saturated carbocycles. The van der Waals surface area contributed by atoms with Crippen molar-refractivity contribution in [3.8, 4) is 0 Å². The van der Waals surface area contributed by atoms with Gasteiger partial charge >= 0.3 is 0 Å². The minimum atomic E-state index is -3.04. The Morgan fingerprint density at radius 1 is 1.13 bits per heavy atom. The van der Waals surface area contributed by atoms with Gasteiger partial charge in [-0.3, -0.25) is 9.36 Å². The summed E-state index contributed by atoms with van der Waals surface area (Å²) >= 11 is 1.41. The van der Waals surface area contributed by atoms with Gasteiger partial charge in [0.1, 0.15) is 0 Å². The number of amides is 1. The lowest BCUT2D eigenvalue weighted by Crippen LogP contribution is -2.49. The summed E-state index contributed by atoms with van der Waals surface area (Å²) in [5.41, 5.74) is 0. The molecule has 1 atom stereocenters. The van der Waals surface area contributed by atoms with Crippen molar-refractivity contribution in [3.63, 3.8) is 0 Å². The Labute approximate surface area is 188 Å². The van der Waals surface area contributed by atoms with Gasteiger partial charge < -0.3 is 14.5 Å². The summed E-state index contributed by atoms with van der Waals surface area (Å²) < 4.78 is 31.7. The summed E-state index contributed by atoms with van der Waals surface area (Å²) in [5, 5.41) is 9.47. The molecule has 0 spiro atoms. The van der Waals surface area contributed by atoms with Crippen LogP contribution >= 0.6 is 11.8 Å². The molecule has 0 N–H and O–H groups in total. The van der Waals surface area contributed by atoms with E-state index in [4.69, 9.17) is 4.74 Å². The molecule has 0 unspecified atom stereocenters. The Morgan fingerprint density at radius 3 is 2.52 bits per heavy atom. The molecule has 174 valence electrons. The van der Waals surface area contributed by atoms with Crippen LogP contribution in [0.1, 0.15) is 45.4 Å². The highest BCUT2D eigenvalue weighted by atomic mass is 32.2. The Morgan fingerprint density at radius 2 is 1.87 bits per heavy atom. The maximum absolute atomic E-state index is 13.3. The highest BCUT2D eigenvalue weighted by Crippen LogP contribution is 2.30. The quantitative estimate of drug-likeness (QED) is 0.553. The predicted molar refractivity (Wildman–Crippen MR) is 120 cm³/mol. The van der Waals surface area contributed by atoms with E-state index in [1.807, 2.05) is 9.47 Å². The fourth-order valence-corrected chi connectivity index (χ4v) is 7.50. The number of rotatable bonds is 7. The van der Waals surface area contributed by atoms with Gasteiger partial charge in [-0.05, 0) is 26.2 Å². The highest BCUT2D eigenvalue weighted by Gasteiger charge is 2.38. The number of anilines is 1. The standard InChI is InChI=1S/C20H33N5O4S2/c1-2-24-19(23-9-11-29-12-10-23)21-22-20(24)30-14-18(26)25(16-6-4-3-5-7-16)17-8-13-31(27,28)15-17/h16-17H,2-15H2,1H3/t17-/m0/s1. The third kappa shape index (κ3) is 5.36. The first kappa shape index (κ1) is 22.8. The van der Waals surface area contributed by atoms with Crippen LogP contribution < -0.4 is 4.90 Å². The molecular formula is C20H33N5O4S2. The molecule has 0 radical (unpaired) electrons. The minimum absolute atomic E-state index is 0.0255. The molecule has 9 nitrogen and oxygen atoms in total. The van der Waals surface area contributed by atoms with Crippen LogP contribution in [0.2, 0.25) is 0 Å². The zero-order valence-electron chi connectivity index (χ0n) is 18.2. The van der Waals surface area contributed by atoms with Gasteiger partial charge in [-0.1, -0.05) is 31.0 Å². The normalized spacial score (nSPS) is 24.4. The second kappa shape index (κ2) is 10.1. The van der Waals surface area contributed by atoms with Gasteiger partial charge in [0.25, 0.3) is 0 Å². The van der Waals surface area contributed by atoms with Crippen molar-refractivity contribution in [3.05, 3.63) is 0 Å². The molecule has 1 aliphatic carbocycles. The van der Waals surface area contributed by atoms with Crippen LogP contribution in [0, 0.1) is 0 Å². The summed E-state index contributed by atoms with van der Waals surface area (Å²) in [6.45, 7) is 5.71. The molecule has 11 heteroatoms. The zero-order chi connectivity index (χ0) is 21.8. The van der Waals surface area contributed by atoms with E-state index in [0.29, 0.717) is 19.6 Å². The van der Waals surface area contributed by atoms with E-state index in [1.165, 1.54) is 18.2 Å². The van der Waals surface area contributed by atoms with Crippen molar-refractivity contribution in [2.45, 2.75) is 69.2 Å². The minimum Gasteiger partial charge on any atom is -0.378 e. The van der Waals surface area contributed by atoms with Crippen LogP contribution in [0.5, 0.6) is 0 Å². The Hall–Kier alpha value is -1.33. The van der Waals surface area contributed by atoms with E-state index >= 15 is 0 Å². The molecule has 2 saturated heterocycles. The summed E-state index contributed by atoms with van der Waals surface area (Å²) in [4.78, 5) is 17.4. The number of sulfone groups is 1. The molecule has 1 amide bonds. The van der Waals surface area contributed by atoms with E-state index in [1.54, 1.807) is 0 Å². The number of hydrogen-bond acceptors (Lipinski definition) is 8. The molecule has 3 heterocycles. The smallest absolute Gasteiger partial charge is 0.233 e. The first-order chi connectivity index (χ1) is 15.0. The molecule has 31 heavy (non-hydrogen) atoms. The van der Waals surface area contributed by atoms with Crippen LogP contribution in [-0.2, 0) is 25.9 Å². The van der Waals surface area contributed by atoms with Crippen LogP contribution in [-0.4, -0.2) is 89.6 Å². The summed E-state index contributed by atoms with van der Waals surface area (Å²) in [6.07, 6.45) is 5.91. The van der Waals surface area contributed by atoms with E-state index in [2.05, 4.69) is 22.0 Å². The Bertz CT molecular complexity index is 863. The number of ether oxygens (including phenoxy) is 1. The molecule has 0 aromatic carbocycles. The van der Waals surface area contributed by atoms with Gasteiger partial charge in [-0.25, -0.2) is 8.42 Å². The molecule has 1 aromatic rings. The largest absolute Gasteiger partial charge is 0.378 e. The van der Waals surface area contributed by atoms with E-state index in [9.17, 15) is 13.2 Å². The van der Waals surface area contributed by atoms with E-state index in [0.717, 1.165) is 56.4 Å². The molecular weight excluding hydrogens is 438 g/mol. The van der Waals surface area contributed by atoms with E-state index in [-0.39, 0.29) is 35.2 Å². The van der Waals surface area contributed by atoms with Gasteiger partial charge in [-0.2, -0.15) is 0 Å². The van der Waals surface area contributed by atoms with Crippen molar-refractivity contribution >= 4 is 33.5 Å². The van der Waals surface area contributed by atoms with Crippen LogP contribution in [0.15, 0.2) is 5.16 Å². The van der Waals surface area contributed by atoms with Crippen molar-refractivity contribution in [1.29, 1.82) is 0 Å². The molecule has 1 aromatic heterocycles. The van der Waals surface area contributed by atoms with Crippen molar-refractivity contribution in [2.75, 3.05) is 48.5 Å². The number of morpholine rings is 1. The van der Waals surface area contributed by atoms with Gasteiger partial charge in [-0.15, -0.1) is 10.2 Å². The van der Waals surface area contributed by atoms with Crippen molar-refractivity contribution in [2.24, 2.45) is 0 Å². The average Bonchev–Trinajstić information content (AvgIpc) is 3.36. The number of hydrogen-bond donors (Lipinski definition) is 0. The zero-order valence-corrected chi connectivity index (χ0v) is 19.9. The van der Waals surface area contributed by atoms with Gasteiger partial charge in [0.2, 0.25) is 11.9 Å². The number of aromatic nitrogens is 3. The predicted octanol–water partition coefficient (Wildman–Crippen LogP) is 1.58. The average molecular weight is 472 g/mol. The number of thioether (sulfide) groups is 1. The lowest BCUT2D eigenvalue weighted by Gasteiger charge is -2.38. The lowest BCUT2D eigenvalue weighted by molar-refractivity contribution is -0.133. The maximum atomic E-state index is 13.3. The van der Waals surface area contributed by atoms with Crippen LogP contribution in [0.4, 0.5) is 5.95 Å². The van der Waals surface area contributed by atoms with Crippen molar-refractivity contribution in [1.82, 2.24) is 19.7 Å². The number of carbonyl (C=O) groups excluding carboxylic acids is 1. The Kier molecular flexibility index (Phi) is 7.43. The summed E-state index contributed by atoms with van der Waals surface area (Å²) in [5.74, 6) is 1.40. The first-order valence-corrected chi connectivity index (χ1v) is 14.2. The molecule has 2 aliphatic heterocycles. The molecule has 0 bridgehead atoms. The molecule has 3 aliphatic rings. The van der Waals surface area contributed by atoms with Crippen LogP contribution in [0.3, 0.4) is 0 Å². The maximum Gasteiger partial charge on any atom is 0.233 e. The fourth-order valence-electron chi connectivity index (χ4n) is 4.92. The van der Waals surface area contributed by atoms with Crippen molar-refractivity contribution < 1.29 is 17.9 Å². The Balaban J connectivity index is 1.45. The summed E-state index contributed by atoms with van der Waals surface area (Å²) in [7, 11) is -3.04. The SMILES string of the molecule is CCn1c(SCC(=O)N(C2CCCCC2)[C@H]2CCS(=O)(=O)C2)nnc1N1CCOCC1. The second-order valence-electron chi connectivity index (χ2n) is 8.56. The highest BCUT2D eigenvalue weighted by molar-refractivity contribution is 7.99. The third-order valence-electron chi connectivity index (χ3n) is 6.49. The van der Waals surface area contributed by atoms with E-state index < -0.39 is 9.84 Å². The first-order valence-electron chi connectivity index (χ1n) is 11.4. The molecule has 3 fully saturated rings. The topological polar surface area (TPSA) is 97.6 Å².